The van der Waals surface area contributed by atoms with E-state index in [2.05, 4.69) is 5.32 Å². The standard InChI is InChI=1S/C24H24IN3O8/c1-4-7-35-17-6-5-14(11-18(17)33-2)28-23(31)15(22(30)27-24(28)32)8-13-9-16(25)21(19(10-13)34-3)36-12-20(26)29/h5-6,8-11H,4,7,12H2,1-3H3,(H2,26,29)(H,27,30,32)/b15-8+. The molecule has 1 saturated heterocycles. The lowest BCUT2D eigenvalue weighted by atomic mass is 10.1. The zero-order chi connectivity index (χ0) is 26.4. The Balaban J connectivity index is 1.98. The van der Waals surface area contributed by atoms with Crippen LogP contribution in [0.3, 0.4) is 0 Å². The van der Waals surface area contributed by atoms with Crippen molar-refractivity contribution in [3.05, 3.63) is 45.0 Å². The Morgan fingerprint density at radius 3 is 2.42 bits per heavy atom. The van der Waals surface area contributed by atoms with Gasteiger partial charge in [0.15, 0.2) is 29.6 Å². The van der Waals surface area contributed by atoms with Gasteiger partial charge in [-0.3, -0.25) is 19.7 Å². The van der Waals surface area contributed by atoms with Crippen LogP contribution >= 0.6 is 22.6 Å². The van der Waals surface area contributed by atoms with Crippen LogP contribution in [0.5, 0.6) is 23.0 Å². The first-order valence-electron chi connectivity index (χ1n) is 10.7. The lowest BCUT2D eigenvalue weighted by Crippen LogP contribution is -2.54. The summed E-state index contributed by atoms with van der Waals surface area (Å²) in [4.78, 5) is 50.4. The second-order valence-corrected chi connectivity index (χ2v) is 8.59. The summed E-state index contributed by atoms with van der Waals surface area (Å²) in [5.74, 6) is -0.994. The first kappa shape index (κ1) is 26.8. The summed E-state index contributed by atoms with van der Waals surface area (Å²) >= 11 is 1.96. The second kappa shape index (κ2) is 11.7. The lowest BCUT2D eigenvalue weighted by Gasteiger charge is -2.27. The Bertz CT molecular complexity index is 1240. The molecule has 2 aromatic carbocycles. The molecule has 12 heteroatoms. The van der Waals surface area contributed by atoms with Crippen molar-refractivity contribution in [2.45, 2.75) is 13.3 Å². The molecule has 0 radical (unpaired) electrons. The fourth-order valence-electron chi connectivity index (χ4n) is 3.29. The zero-order valence-electron chi connectivity index (χ0n) is 19.8. The molecular formula is C24H24IN3O8. The molecule has 3 N–H and O–H groups in total. The van der Waals surface area contributed by atoms with Gasteiger partial charge in [-0.05, 0) is 64.9 Å². The SMILES string of the molecule is CCCOc1ccc(N2C(=O)NC(=O)/C(=C\c3cc(I)c(OCC(N)=O)c(OC)c3)C2=O)cc1OC. The van der Waals surface area contributed by atoms with E-state index in [1.54, 1.807) is 12.1 Å². The number of anilines is 1. The van der Waals surface area contributed by atoms with Crippen LogP contribution in [0.15, 0.2) is 35.9 Å². The van der Waals surface area contributed by atoms with E-state index in [-0.39, 0.29) is 29.4 Å². The summed E-state index contributed by atoms with van der Waals surface area (Å²) in [6.45, 7) is 2.08. The number of primary amides is 1. The van der Waals surface area contributed by atoms with Gasteiger partial charge >= 0.3 is 6.03 Å². The maximum absolute atomic E-state index is 13.3. The van der Waals surface area contributed by atoms with E-state index < -0.39 is 23.8 Å². The van der Waals surface area contributed by atoms with E-state index in [1.165, 1.54) is 38.5 Å². The number of nitrogens with zero attached hydrogens (tertiary/aromatic N) is 1. The zero-order valence-corrected chi connectivity index (χ0v) is 21.9. The van der Waals surface area contributed by atoms with Crippen molar-refractivity contribution >= 4 is 58.1 Å². The molecule has 190 valence electrons. The third kappa shape index (κ3) is 5.87. The highest BCUT2D eigenvalue weighted by atomic mass is 127. The highest BCUT2D eigenvalue weighted by Gasteiger charge is 2.37. The Morgan fingerprint density at radius 1 is 1.06 bits per heavy atom. The van der Waals surface area contributed by atoms with Crippen molar-refractivity contribution in [3.63, 3.8) is 0 Å². The van der Waals surface area contributed by atoms with E-state index in [0.29, 0.717) is 27.2 Å². The van der Waals surface area contributed by atoms with Crippen molar-refractivity contribution in [3.8, 4) is 23.0 Å². The van der Waals surface area contributed by atoms with E-state index in [4.69, 9.17) is 24.7 Å². The summed E-state index contributed by atoms with van der Waals surface area (Å²) in [5, 5.41) is 2.18. The number of methoxy groups -OCH3 is 2. The van der Waals surface area contributed by atoms with Crippen LogP contribution < -0.4 is 34.9 Å². The van der Waals surface area contributed by atoms with Crippen LogP contribution in [0.4, 0.5) is 10.5 Å². The predicted molar refractivity (Wildman–Crippen MR) is 138 cm³/mol. The van der Waals surface area contributed by atoms with E-state index in [1.807, 2.05) is 29.5 Å². The number of nitrogens with one attached hydrogen (secondary N) is 1. The van der Waals surface area contributed by atoms with E-state index in [9.17, 15) is 19.2 Å². The maximum atomic E-state index is 13.3. The average Bonchev–Trinajstić information content (AvgIpc) is 2.84. The van der Waals surface area contributed by atoms with Crippen molar-refractivity contribution in [2.75, 3.05) is 32.3 Å². The van der Waals surface area contributed by atoms with Crippen molar-refractivity contribution in [1.82, 2.24) is 5.32 Å². The molecule has 0 bridgehead atoms. The monoisotopic (exact) mass is 609 g/mol. The number of nitrogens with two attached hydrogens (primary N) is 1. The predicted octanol–water partition coefficient (Wildman–Crippen LogP) is 2.63. The smallest absolute Gasteiger partial charge is 0.335 e. The number of ether oxygens (including phenoxy) is 4. The van der Waals surface area contributed by atoms with Gasteiger partial charge in [-0.1, -0.05) is 6.92 Å². The van der Waals surface area contributed by atoms with Crippen LogP contribution in [0.1, 0.15) is 18.9 Å². The van der Waals surface area contributed by atoms with Gasteiger partial charge in [0.2, 0.25) is 0 Å². The van der Waals surface area contributed by atoms with Gasteiger partial charge in [0, 0.05) is 6.07 Å². The molecule has 1 aliphatic rings. The van der Waals surface area contributed by atoms with Gasteiger partial charge in [-0.2, -0.15) is 0 Å². The number of rotatable bonds is 10. The first-order chi connectivity index (χ1) is 17.2. The van der Waals surface area contributed by atoms with Crippen LogP contribution in [-0.4, -0.2) is 51.2 Å². The Kier molecular flexibility index (Phi) is 8.74. The summed E-state index contributed by atoms with van der Waals surface area (Å²) < 4.78 is 22.2. The van der Waals surface area contributed by atoms with Crippen LogP contribution in [0, 0.1) is 3.57 Å². The molecule has 0 aromatic heterocycles. The molecule has 36 heavy (non-hydrogen) atoms. The van der Waals surface area contributed by atoms with Crippen LogP contribution in [0.25, 0.3) is 6.08 Å². The van der Waals surface area contributed by atoms with Crippen molar-refractivity contribution in [2.24, 2.45) is 5.73 Å². The van der Waals surface area contributed by atoms with Gasteiger partial charge in [-0.25, -0.2) is 9.69 Å². The summed E-state index contributed by atoms with van der Waals surface area (Å²) in [6, 6.07) is 6.84. The summed E-state index contributed by atoms with van der Waals surface area (Å²) in [5.41, 5.74) is 5.49. The number of hydrogen-bond donors (Lipinski definition) is 2. The van der Waals surface area contributed by atoms with Gasteiger partial charge in [-0.15, -0.1) is 0 Å². The normalized spacial score (nSPS) is 14.5. The fourth-order valence-corrected chi connectivity index (χ4v) is 4.07. The minimum atomic E-state index is -0.895. The topological polar surface area (TPSA) is 146 Å². The van der Waals surface area contributed by atoms with Crippen LogP contribution in [-0.2, 0) is 14.4 Å². The molecular weight excluding hydrogens is 585 g/mol. The van der Waals surface area contributed by atoms with Crippen molar-refractivity contribution < 1.29 is 38.1 Å². The minimum absolute atomic E-state index is 0.193. The second-order valence-electron chi connectivity index (χ2n) is 7.43. The molecule has 0 saturated carbocycles. The summed E-state index contributed by atoms with van der Waals surface area (Å²) in [6.07, 6.45) is 2.12. The fraction of sp³-hybridized carbons (Fsp3) is 0.250. The van der Waals surface area contributed by atoms with Gasteiger partial charge in [0.25, 0.3) is 17.7 Å². The summed E-state index contributed by atoms with van der Waals surface area (Å²) in [7, 11) is 2.84. The molecule has 0 spiro atoms. The van der Waals surface area contributed by atoms with E-state index >= 15 is 0 Å². The highest BCUT2D eigenvalue weighted by Crippen LogP contribution is 2.36. The van der Waals surface area contributed by atoms with Crippen molar-refractivity contribution in [1.29, 1.82) is 0 Å². The number of halogens is 1. The Labute approximate surface area is 220 Å². The van der Waals surface area contributed by atoms with Crippen LogP contribution in [0.2, 0.25) is 0 Å². The average molecular weight is 609 g/mol. The molecule has 0 unspecified atom stereocenters. The molecule has 0 aliphatic carbocycles. The molecule has 1 aliphatic heterocycles. The number of carbonyl (C=O) groups excluding carboxylic acids is 4. The Hall–Kier alpha value is -3.81. The maximum Gasteiger partial charge on any atom is 0.335 e. The molecule has 5 amide bonds. The molecule has 0 atom stereocenters. The molecule has 1 heterocycles. The third-order valence-corrected chi connectivity index (χ3v) is 5.69. The molecule has 1 fully saturated rings. The van der Waals surface area contributed by atoms with E-state index in [0.717, 1.165) is 11.3 Å². The number of imide groups is 2. The quantitative estimate of drug-likeness (QED) is 0.238. The largest absolute Gasteiger partial charge is 0.493 e. The number of carbonyl (C=O) groups is 4. The van der Waals surface area contributed by atoms with Gasteiger partial charge in [0.1, 0.15) is 5.57 Å². The molecule has 11 nitrogen and oxygen atoms in total. The van der Waals surface area contributed by atoms with Gasteiger partial charge in [0.05, 0.1) is 30.1 Å². The molecule has 2 aromatic rings. The minimum Gasteiger partial charge on any atom is -0.493 e. The number of amides is 5. The van der Waals surface area contributed by atoms with Gasteiger partial charge < -0.3 is 24.7 Å². The number of urea groups is 1. The molecule has 3 rings (SSSR count). The highest BCUT2D eigenvalue weighted by molar-refractivity contribution is 14.1. The first-order valence-corrected chi connectivity index (χ1v) is 11.8. The number of benzene rings is 2. The number of barbiturate groups is 1. The Morgan fingerprint density at radius 2 is 1.78 bits per heavy atom. The third-order valence-electron chi connectivity index (χ3n) is 4.89. The number of hydrogen-bond acceptors (Lipinski definition) is 8. The lowest BCUT2D eigenvalue weighted by molar-refractivity contribution is -0.123.